The molecule has 180 valence electrons. The van der Waals surface area contributed by atoms with E-state index in [0.29, 0.717) is 21.2 Å². The molecule has 2 N–H and O–H groups in total. The Morgan fingerprint density at radius 2 is 1.53 bits per heavy atom. The van der Waals surface area contributed by atoms with Crippen LogP contribution in [0.15, 0.2) is 41.1 Å². The fraction of sp³-hybridized carbons (Fsp3) is 0.348. The molecule has 0 unspecified atom stereocenters. The standard InChI is InChI=1S/C23H26ClN5O5/c1-22(2,3)32-20(30)29(21(31)33-23(4,5)6)15-11-12-26-19(27-15)16-17(28-34-18(16)25)13-7-9-14(24)10-8-13/h7-12H,25H2,1-6H3. The molecule has 0 bridgehead atoms. The molecule has 2 amide bonds. The molecule has 0 fully saturated rings. The SMILES string of the molecule is CC(C)(C)OC(=O)N(C(=O)OC(C)(C)C)c1ccnc(-c2c(-c3ccc(Cl)cc3)noc2N)n1. The number of nitrogen functional groups attached to an aromatic ring is 1. The summed E-state index contributed by atoms with van der Waals surface area (Å²) in [6.07, 6.45) is -0.539. The summed E-state index contributed by atoms with van der Waals surface area (Å²) in [7, 11) is 0. The molecule has 0 saturated heterocycles. The Morgan fingerprint density at radius 1 is 0.971 bits per heavy atom. The van der Waals surface area contributed by atoms with Gasteiger partial charge in [-0.1, -0.05) is 28.9 Å². The first-order valence-electron chi connectivity index (χ1n) is 10.4. The van der Waals surface area contributed by atoms with E-state index in [1.54, 1.807) is 65.8 Å². The van der Waals surface area contributed by atoms with Gasteiger partial charge in [0.1, 0.15) is 22.5 Å². The normalized spacial score (nSPS) is 11.7. The summed E-state index contributed by atoms with van der Waals surface area (Å²) in [5.41, 5.74) is 5.60. The molecular weight excluding hydrogens is 462 g/mol. The van der Waals surface area contributed by atoms with Crippen molar-refractivity contribution in [3.05, 3.63) is 41.6 Å². The van der Waals surface area contributed by atoms with E-state index in [9.17, 15) is 9.59 Å². The molecule has 3 aromatic rings. The average Bonchev–Trinajstić information content (AvgIpc) is 3.07. The van der Waals surface area contributed by atoms with Crippen LogP contribution in [0.3, 0.4) is 0 Å². The molecule has 0 aliphatic heterocycles. The van der Waals surface area contributed by atoms with Gasteiger partial charge in [0.05, 0.1) is 0 Å². The first kappa shape index (κ1) is 25.0. The molecule has 0 radical (unpaired) electrons. The van der Waals surface area contributed by atoms with Gasteiger partial charge in [-0.05, 0) is 53.7 Å². The molecule has 0 atom stereocenters. The monoisotopic (exact) mass is 487 g/mol. The molecule has 2 heterocycles. The van der Waals surface area contributed by atoms with E-state index in [1.807, 2.05) is 0 Å². The van der Waals surface area contributed by atoms with E-state index in [2.05, 4.69) is 15.1 Å². The van der Waals surface area contributed by atoms with Crippen molar-refractivity contribution >= 4 is 35.5 Å². The highest BCUT2D eigenvalue weighted by atomic mass is 35.5. The van der Waals surface area contributed by atoms with Crippen LogP contribution in [0.1, 0.15) is 41.5 Å². The lowest BCUT2D eigenvalue weighted by Gasteiger charge is -2.28. The molecule has 0 aliphatic rings. The van der Waals surface area contributed by atoms with E-state index in [4.69, 9.17) is 31.3 Å². The van der Waals surface area contributed by atoms with Gasteiger partial charge < -0.3 is 19.7 Å². The van der Waals surface area contributed by atoms with Gasteiger partial charge in [-0.3, -0.25) is 0 Å². The van der Waals surface area contributed by atoms with Crippen molar-refractivity contribution in [1.29, 1.82) is 0 Å². The van der Waals surface area contributed by atoms with Crippen molar-refractivity contribution in [2.75, 3.05) is 10.6 Å². The molecule has 0 saturated carbocycles. The average molecular weight is 488 g/mol. The predicted octanol–water partition coefficient (Wildman–Crippen LogP) is 5.71. The molecule has 1 aromatic carbocycles. The number of ether oxygens (including phenoxy) is 2. The third-order valence-corrected chi connectivity index (χ3v) is 4.33. The zero-order valence-corrected chi connectivity index (χ0v) is 20.5. The smallest absolute Gasteiger partial charge is 0.425 e. The second-order valence-corrected chi connectivity index (χ2v) is 9.75. The topological polar surface area (TPSA) is 134 Å². The molecule has 11 heteroatoms. The third kappa shape index (κ3) is 6.02. The molecule has 10 nitrogen and oxygen atoms in total. The van der Waals surface area contributed by atoms with Crippen LogP contribution in [0.2, 0.25) is 5.02 Å². The highest BCUT2D eigenvalue weighted by Gasteiger charge is 2.34. The fourth-order valence-corrected chi connectivity index (χ4v) is 2.92. The molecule has 3 rings (SSSR count). The lowest BCUT2D eigenvalue weighted by Crippen LogP contribution is -2.44. The highest BCUT2D eigenvalue weighted by Crippen LogP contribution is 2.35. The number of imide groups is 1. The lowest BCUT2D eigenvalue weighted by molar-refractivity contribution is 0.0429. The summed E-state index contributed by atoms with van der Waals surface area (Å²) in [5.74, 6) is -0.0299. The van der Waals surface area contributed by atoms with Gasteiger partial charge in [0, 0.05) is 22.8 Å². The van der Waals surface area contributed by atoms with Crippen molar-refractivity contribution in [1.82, 2.24) is 15.1 Å². The van der Waals surface area contributed by atoms with Gasteiger partial charge in [-0.2, -0.15) is 4.90 Å². The van der Waals surface area contributed by atoms with E-state index in [0.717, 1.165) is 0 Å². The second-order valence-electron chi connectivity index (χ2n) is 9.31. The minimum Gasteiger partial charge on any atom is -0.443 e. The maximum atomic E-state index is 12.9. The van der Waals surface area contributed by atoms with Crippen molar-refractivity contribution in [3.63, 3.8) is 0 Å². The number of carbonyl (C=O) groups is 2. The second kappa shape index (κ2) is 9.30. The van der Waals surface area contributed by atoms with Crippen LogP contribution in [0, 0.1) is 0 Å². The largest absolute Gasteiger partial charge is 0.443 e. The number of nitrogens with zero attached hydrogens (tertiary/aromatic N) is 4. The summed E-state index contributed by atoms with van der Waals surface area (Å²) in [5, 5.41) is 4.56. The van der Waals surface area contributed by atoms with Crippen LogP contribution in [-0.4, -0.2) is 38.5 Å². The summed E-state index contributed by atoms with van der Waals surface area (Å²) in [6.45, 7) is 10.1. The zero-order valence-electron chi connectivity index (χ0n) is 19.7. The van der Waals surface area contributed by atoms with Gasteiger partial charge in [-0.15, -0.1) is 0 Å². The molecule has 0 spiro atoms. The Kier molecular flexibility index (Phi) is 6.83. The minimum atomic E-state index is -0.956. The number of hydrogen-bond donors (Lipinski definition) is 1. The number of aromatic nitrogens is 3. The first-order valence-corrected chi connectivity index (χ1v) is 10.7. The van der Waals surface area contributed by atoms with Crippen LogP contribution in [0.25, 0.3) is 22.6 Å². The maximum absolute atomic E-state index is 12.9. The lowest BCUT2D eigenvalue weighted by atomic mass is 10.1. The minimum absolute atomic E-state index is 0.0387. The van der Waals surface area contributed by atoms with Crippen molar-refractivity contribution < 1.29 is 23.6 Å². The van der Waals surface area contributed by atoms with E-state index in [1.165, 1.54) is 12.3 Å². The Bertz CT molecular complexity index is 1170. The van der Waals surface area contributed by atoms with Crippen LogP contribution >= 0.6 is 11.6 Å². The van der Waals surface area contributed by atoms with E-state index in [-0.39, 0.29) is 23.1 Å². The van der Waals surface area contributed by atoms with E-state index >= 15 is 0 Å². The Morgan fingerprint density at radius 3 is 2.06 bits per heavy atom. The summed E-state index contributed by atoms with van der Waals surface area (Å²) in [4.78, 5) is 35.2. The van der Waals surface area contributed by atoms with Gasteiger partial charge in [0.2, 0.25) is 5.88 Å². The van der Waals surface area contributed by atoms with Crippen molar-refractivity contribution in [3.8, 4) is 22.6 Å². The molecule has 0 aliphatic carbocycles. The zero-order chi connectivity index (χ0) is 25.3. The van der Waals surface area contributed by atoms with Crippen LogP contribution in [-0.2, 0) is 9.47 Å². The summed E-state index contributed by atoms with van der Waals surface area (Å²) >= 11 is 5.98. The summed E-state index contributed by atoms with van der Waals surface area (Å²) in [6, 6.07) is 8.23. The van der Waals surface area contributed by atoms with Gasteiger partial charge in [-0.25, -0.2) is 19.6 Å². The van der Waals surface area contributed by atoms with Gasteiger partial charge >= 0.3 is 12.2 Å². The number of amides is 2. The number of benzene rings is 1. The molecule has 34 heavy (non-hydrogen) atoms. The van der Waals surface area contributed by atoms with Crippen LogP contribution in [0.5, 0.6) is 0 Å². The van der Waals surface area contributed by atoms with Crippen molar-refractivity contribution in [2.45, 2.75) is 52.7 Å². The third-order valence-electron chi connectivity index (χ3n) is 4.08. The number of anilines is 2. The van der Waals surface area contributed by atoms with Crippen LogP contribution in [0.4, 0.5) is 21.3 Å². The predicted molar refractivity (Wildman–Crippen MR) is 127 cm³/mol. The number of carbonyl (C=O) groups excluding carboxylic acids is 2. The number of hydrogen-bond acceptors (Lipinski definition) is 9. The molecular formula is C23H26ClN5O5. The number of nitrogens with two attached hydrogens (primary N) is 1. The van der Waals surface area contributed by atoms with Crippen molar-refractivity contribution in [2.24, 2.45) is 0 Å². The fourth-order valence-electron chi connectivity index (χ4n) is 2.79. The quantitative estimate of drug-likeness (QED) is 0.492. The number of rotatable bonds is 3. The highest BCUT2D eigenvalue weighted by molar-refractivity contribution is 6.30. The van der Waals surface area contributed by atoms with Gasteiger partial charge in [0.15, 0.2) is 11.6 Å². The van der Waals surface area contributed by atoms with Gasteiger partial charge in [0.25, 0.3) is 0 Å². The van der Waals surface area contributed by atoms with Crippen LogP contribution < -0.4 is 10.6 Å². The Hall–Kier alpha value is -3.66. The maximum Gasteiger partial charge on any atom is 0.425 e. The number of halogens is 1. The summed E-state index contributed by atoms with van der Waals surface area (Å²) < 4.78 is 16.0. The Balaban J connectivity index is 2.08. The molecule has 2 aromatic heterocycles. The Labute approximate surface area is 202 Å². The van der Waals surface area contributed by atoms with E-state index < -0.39 is 23.4 Å². The first-order chi connectivity index (χ1) is 15.7.